The van der Waals surface area contributed by atoms with E-state index in [9.17, 15) is 0 Å². The maximum Gasteiger partial charge on any atom is -0.0156 e. The van der Waals surface area contributed by atoms with Crippen LogP contribution in [-0.4, -0.2) is 0 Å². The Bertz CT molecular complexity index is 395. The Hall–Kier alpha value is -1.30. The molecule has 0 unspecified atom stereocenters. The van der Waals surface area contributed by atoms with Gasteiger partial charge in [0.1, 0.15) is 0 Å². The summed E-state index contributed by atoms with van der Waals surface area (Å²) in [6.45, 7) is 4.32. The molecule has 1 fully saturated rings. The first-order valence-corrected chi connectivity index (χ1v) is 6.63. The van der Waals surface area contributed by atoms with Crippen LogP contribution in [0.4, 0.5) is 0 Å². The molecule has 0 atom stereocenters. The predicted molar refractivity (Wildman–Crippen MR) is 75.2 cm³/mol. The molecule has 90 valence electrons. The van der Waals surface area contributed by atoms with Crippen LogP contribution in [-0.2, 0) is 0 Å². The second kappa shape index (κ2) is 5.86. The van der Waals surface area contributed by atoms with Crippen LogP contribution in [0.15, 0.2) is 53.6 Å². The van der Waals surface area contributed by atoms with E-state index >= 15 is 0 Å². The molecular weight excluding hydrogens is 204 g/mol. The molecule has 1 aliphatic rings. The van der Waals surface area contributed by atoms with Crippen molar-refractivity contribution in [3.05, 3.63) is 59.2 Å². The summed E-state index contributed by atoms with van der Waals surface area (Å²) in [5, 5.41) is 0. The van der Waals surface area contributed by atoms with E-state index in [0.717, 1.165) is 5.92 Å². The molecule has 0 heterocycles. The Kier molecular flexibility index (Phi) is 4.19. The van der Waals surface area contributed by atoms with Gasteiger partial charge in [0, 0.05) is 0 Å². The highest BCUT2D eigenvalue weighted by Gasteiger charge is 2.17. The molecule has 0 aromatic heterocycles. The van der Waals surface area contributed by atoms with E-state index in [4.69, 9.17) is 0 Å². The van der Waals surface area contributed by atoms with E-state index in [0.29, 0.717) is 0 Å². The van der Waals surface area contributed by atoms with E-state index in [1.165, 1.54) is 36.8 Å². The van der Waals surface area contributed by atoms with Gasteiger partial charge in [-0.15, -0.1) is 0 Å². The summed E-state index contributed by atoms with van der Waals surface area (Å²) >= 11 is 0. The Balaban J connectivity index is 1.95. The molecule has 0 spiro atoms. The van der Waals surface area contributed by atoms with Crippen molar-refractivity contribution < 1.29 is 0 Å². The van der Waals surface area contributed by atoms with Crippen LogP contribution in [0.25, 0.3) is 0 Å². The summed E-state index contributed by atoms with van der Waals surface area (Å²) in [6, 6.07) is 11.0. The number of allylic oxidation sites excluding steroid dienone is 4. The molecule has 0 saturated heterocycles. The van der Waals surface area contributed by atoms with Gasteiger partial charge in [-0.1, -0.05) is 53.6 Å². The van der Waals surface area contributed by atoms with Gasteiger partial charge < -0.3 is 0 Å². The third-order valence-corrected chi connectivity index (χ3v) is 3.55. The molecule has 2 rings (SSSR count). The zero-order chi connectivity index (χ0) is 12.1. The largest absolute Gasteiger partial charge is 0.0764 e. The van der Waals surface area contributed by atoms with Crippen molar-refractivity contribution in [2.45, 2.75) is 45.4 Å². The lowest BCUT2D eigenvalue weighted by molar-refractivity contribution is 0.517. The molecule has 1 aromatic rings. The fourth-order valence-corrected chi connectivity index (χ4v) is 2.50. The fourth-order valence-electron chi connectivity index (χ4n) is 2.50. The van der Waals surface area contributed by atoms with Gasteiger partial charge in [0.05, 0.1) is 0 Å². The first-order valence-electron chi connectivity index (χ1n) is 6.63. The minimum absolute atomic E-state index is 0.778. The lowest BCUT2D eigenvalue weighted by Gasteiger charge is -2.24. The van der Waals surface area contributed by atoms with Gasteiger partial charge in [-0.05, 0) is 51.0 Å². The highest BCUT2D eigenvalue weighted by Crippen LogP contribution is 2.35. The zero-order valence-corrected chi connectivity index (χ0v) is 10.9. The van der Waals surface area contributed by atoms with E-state index < -0.39 is 0 Å². The molecule has 0 radical (unpaired) electrons. The molecule has 0 nitrogen and oxygen atoms in total. The van der Waals surface area contributed by atoms with Crippen LogP contribution < -0.4 is 0 Å². The van der Waals surface area contributed by atoms with E-state index in [-0.39, 0.29) is 0 Å². The van der Waals surface area contributed by atoms with E-state index in [2.05, 4.69) is 56.3 Å². The van der Waals surface area contributed by atoms with Crippen molar-refractivity contribution in [1.82, 2.24) is 0 Å². The maximum atomic E-state index is 2.33. The zero-order valence-electron chi connectivity index (χ0n) is 10.9. The minimum atomic E-state index is 0.778. The average molecular weight is 226 g/mol. The Labute approximate surface area is 105 Å². The highest BCUT2D eigenvalue weighted by molar-refractivity contribution is 5.23. The molecular formula is C17H22. The Morgan fingerprint density at radius 2 is 1.71 bits per heavy atom. The first kappa shape index (κ1) is 12.2. The minimum Gasteiger partial charge on any atom is -0.0764 e. The first-order chi connectivity index (χ1) is 8.25. The van der Waals surface area contributed by atoms with Crippen molar-refractivity contribution in [3.63, 3.8) is 0 Å². The van der Waals surface area contributed by atoms with Crippen LogP contribution in [0, 0.1) is 0 Å². The third kappa shape index (κ3) is 3.59. The van der Waals surface area contributed by atoms with Gasteiger partial charge in [0.25, 0.3) is 0 Å². The normalized spacial score (nSPS) is 19.9. The lowest BCUT2D eigenvalue weighted by atomic mass is 9.81. The Morgan fingerprint density at radius 3 is 2.29 bits per heavy atom. The summed E-state index contributed by atoms with van der Waals surface area (Å²) < 4.78 is 0. The highest BCUT2D eigenvalue weighted by atomic mass is 14.2. The predicted octanol–water partition coefficient (Wildman–Crippen LogP) is 5.24. The molecule has 1 aliphatic carbocycles. The number of benzene rings is 1. The van der Waals surface area contributed by atoms with Gasteiger partial charge in [-0.25, -0.2) is 0 Å². The van der Waals surface area contributed by atoms with Crippen molar-refractivity contribution in [2.24, 2.45) is 0 Å². The fraction of sp³-hybridized carbons (Fsp3) is 0.412. The van der Waals surface area contributed by atoms with Crippen molar-refractivity contribution >= 4 is 0 Å². The topological polar surface area (TPSA) is 0 Å². The Morgan fingerprint density at radius 1 is 1.06 bits per heavy atom. The third-order valence-electron chi connectivity index (χ3n) is 3.55. The summed E-state index contributed by atoms with van der Waals surface area (Å²) in [7, 11) is 0. The van der Waals surface area contributed by atoms with Crippen molar-refractivity contribution in [1.29, 1.82) is 0 Å². The summed E-state index contributed by atoms with van der Waals surface area (Å²) in [6.07, 6.45) is 9.74. The monoisotopic (exact) mass is 226 g/mol. The molecule has 0 heteroatoms. The van der Waals surface area contributed by atoms with Gasteiger partial charge in [0.15, 0.2) is 0 Å². The quantitative estimate of drug-likeness (QED) is 0.647. The smallest absolute Gasteiger partial charge is 0.0156 e. The SMILES string of the molecule is CC(C)=CC=C1CCC(c2ccccc2)CC1. The van der Waals surface area contributed by atoms with Crippen LogP contribution in [0.3, 0.4) is 0 Å². The van der Waals surface area contributed by atoms with Gasteiger partial charge in [-0.3, -0.25) is 0 Å². The van der Waals surface area contributed by atoms with Crippen molar-refractivity contribution in [3.8, 4) is 0 Å². The number of rotatable bonds is 2. The summed E-state index contributed by atoms with van der Waals surface area (Å²) in [4.78, 5) is 0. The van der Waals surface area contributed by atoms with E-state index in [1.807, 2.05) is 0 Å². The van der Waals surface area contributed by atoms with Gasteiger partial charge in [-0.2, -0.15) is 0 Å². The second-order valence-corrected chi connectivity index (χ2v) is 5.25. The number of hydrogen-bond acceptors (Lipinski definition) is 0. The van der Waals surface area contributed by atoms with Crippen LogP contribution >= 0.6 is 0 Å². The second-order valence-electron chi connectivity index (χ2n) is 5.25. The standard InChI is InChI=1S/C17H22/c1-14(2)8-9-15-10-12-17(13-11-15)16-6-4-3-5-7-16/h3-9,17H,10-13H2,1-2H3. The molecule has 0 aliphatic heterocycles. The molecule has 17 heavy (non-hydrogen) atoms. The van der Waals surface area contributed by atoms with Gasteiger partial charge in [0.2, 0.25) is 0 Å². The summed E-state index contributed by atoms with van der Waals surface area (Å²) in [5.41, 5.74) is 4.54. The van der Waals surface area contributed by atoms with E-state index in [1.54, 1.807) is 5.57 Å². The molecule has 0 amide bonds. The maximum absolute atomic E-state index is 2.33. The molecule has 0 N–H and O–H groups in total. The summed E-state index contributed by atoms with van der Waals surface area (Å²) in [5.74, 6) is 0.778. The average Bonchev–Trinajstić information content (AvgIpc) is 2.38. The molecule has 0 bridgehead atoms. The van der Waals surface area contributed by atoms with Crippen molar-refractivity contribution in [2.75, 3.05) is 0 Å². The van der Waals surface area contributed by atoms with Gasteiger partial charge >= 0.3 is 0 Å². The lowest BCUT2D eigenvalue weighted by Crippen LogP contribution is -2.06. The van der Waals surface area contributed by atoms with Crippen LogP contribution in [0.5, 0.6) is 0 Å². The van der Waals surface area contributed by atoms with Crippen LogP contribution in [0.2, 0.25) is 0 Å². The number of hydrogen-bond donors (Lipinski definition) is 0. The molecule has 1 aromatic carbocycles. The molecule has 1 saturated carbocycles. The van der Waals surface area contributed by atoms with Crippen LogP contribution in [0.1, 0.15) is 51.0 Å².